The molecular formula is C26H28ClN3O3. The van der Waals surface area contributed by atoms with Crippen LogP contribution in [0.3, 0.4) is 0 Å². The Morgan fingerprint density at radius 3 is 2.30 bits per heavy atom. The molecule has 1 aliphatic carbocycles. The number of halogens is 1. The van der Waals surface area contributed by atoms with Gasteiger partial charge in [0.05, 0.1) is 5.92 Å². The van der Waals surface area contributed by atoms with Crippen molar-refractivity contribution in [3.8, 4) is 0 Å². The Hall–Kier alpha value is -3.12. The van der Waals surface area contributed by atoms with E-state index >= 15 is 0 Å². The summed E-state index contributed by atoms with van der Waals surface area (Å²) in [6, 6.07) is 13.8. The van der Waals surface area contributed by atoms with Crippen molar-refractivity contribution in [3.63, 3.8) is 0 Å². The molecule has 2 N–H and O–H groups in total. The second-order valence-corrected chi connectivity index (χ2v) is 9.47. The van der Waals surface area contributed by atoms with Crippen molar-refractivity contribution < 1.29 is 9.59 Å². The number of hydrogen-bond donors (Lipinski definition) is 2. The summed E-state index contributed by atoms with van der Waals surface area (Å²) in [5.74, 6) is -0.760. The number of carbonyl (C=O) groups excluding carboxylic acids is 2. The quantitative estimate of drug-likeness (QED) is 0.522. The third-order valence-corrected chi connectivity index (χ3v) is 6.37. The second kappa shape index (κ2) is 9.40. The number of nitrogens with one attached hydrogen (secondary N) is 2. The number of nitrogens with zero attached hydrogens (tertiary/aromatic N) is 1. The van der Waals surface area contributed by atoms with Crippen molar-refractivity contribution in [1.29, 1.82) is 0 Å². The van der Waals surface area contributed by atoms with Crippen molar-refractivity contribution >= 4 is 39.9 Å². The highest BCUT2D eigenvalue weighted by molar-refractivity contribution is 6.30. The topological polar surface area (TPSA) is 80.2 Å². The molecule has 1 aromatic heterocycles. The van der Waals surface area contributed by atoms with Crippen molar-refractivity contribution in [2.75, 3.05) is 5.32 Å². The van der Waals surface area contributed by atoms with Gasteiger partial charge in [0, 0.05) is 33.7 Å². The van der Waals surface area contributed by atoms with Crippen LogP contribution in [0, 0.1) is 5.92 Å². The van der Waals surface area contributed by atoms with E-state index in [0.717, 1.165) is 18.4 Å². The highest BCUT2D eigenvalue weighted by atomic mass is 35.5. The molecule has 33 heavy (non-hydrogen) atoms. The summed E-state index contributed by atoms with van der Waals surface area (Å²) < 4.78 is 1.51. The van der Waals surface area contributed by atoms with E-state index in [1.54, 1.807) is 42.6 Å². The second-order valence-electron chi connectivity index (χ2n) is 9.03. The Labute approximate surface area is 197 Å². The zero-order valence-electron chi connectivity index (χ0n) is 19.0. The normalized spacial score (nSPS) is 15.3. The molecule has 4 rings (SSSR count). The molecule has 0 bridgehead atoms. The molecule has 2 aromatic carbocycles. The van der Waals surface area contributed by atoms with Crippen LogP contribution in [-0.2, 0) is 9.59 Å². The molecule has 3 aromatic rings. The number of fused-ring (bicyclic) bond motifs is 1. The lowest BCUT2D eigenvalue weighted by Gasteiger charge is -2.23. The fourth-order valence-corrected chi connectivity index (χ4v) is 4.16. The van der Waals surface area contributed by atoms with Gasteiger partial charge in [0.25, 0.3) is 5.56 Å². The first-order chi connectivity index (χ1) is 15.8. The highest BCUT2D eigenvalue weighted by Crippen LogP contribution is 2.27. The van der Waals surface area contributed by atoms with E-state index in [9.17, 15) is 14.4 Å². The molecule has 2 atom stereocenters. The van der Waals surface area contributed by atoms with Gasteiger partial charge in [-0.25, -0.2) is 0 Å². The first-order valence-corrected chi connectivity index (χ1v) is 11.6. The molecule has 1 heterocycles. The van der Waals surface area contributed by atoms with Crippen LogP contribution in [0.5, 0.6) is 0 Å². The van der Waals surface area contributed by atoms with E-state index in [1.807, 2.05) is 32.9 Å². The molecule has 2 amide bonds. The number of benzene rings is 2. The number of carbonyl (C=O) groups is 2. The summed E-state index contributed by atoms with van der Waals surface area (Å²) in [5.41, 5.74) is 1.16. The SMILES string of the molecule is CC(C(=O)Nc1cccc2c(=O)n(C(C(=O)NC3CC3)C(C)C)ccc12)c1ccc(Cl)cc1. The van der Waals surface area contributed by atoms with E-state index in [-0.39, 0.29) is 29.3 Å². The summed E-state index contributed by atoms with van der Waals surface area (Å²) in [4.78, 5) is 39.1. The van der Waals surface area contributed by atoms with Crippen LogP contribution >= 0.6 is 11.6 Å². The number of anilines is 1. The molecule has 172 valence electrons. The molecule has 1 aliphatic rings. The van der Waals surface area contributed by atoms with Gasteiger partial charge in [-0.3, -0.25) is 14.4 Å². The minimum Gasteiger partial charge on any atom is -0.352 e. The average molecular weight is 466 g/mol. The monoisotopic (exact) mass is 465 g/mol. The van der Waals surface area contributed by atoms with Gasteiger partial charge in [0.15, 0.2) is 0 Å². The predicted octanol–water partition coefficient (Wildman–Crippen LogP) is 4.87. The van der Waals surface area contributed by atoms with Gasteiger partial charge < -0.3 is 15.2 Å². The fraction of sp³-hybridized carbons (Fsp3) is 0.346. The highest BCUT2D eigenvalue weighted by Gasteiger charge is 2.31. The minimum atomic E-state index is -0.592. The van der Waals surface area contributed by atoms with Crippen LogP contribution in [-0.4, -0.2) is 22.4 Å². The number of aromatic nitrogens is 1. The Balaban J connectivity index is 1.64. The summed E-state index contributed by atoms with van der Waals surface area (Å²) >= 11 is 5.95. The van der Waals surface area contributed by atoms with Crippen LogP contribution < -0.4 is 16.2 Å². The van der Waals surface area contributed by atoms with Crippen LogP contribution in [0.4, 0.5) is 5.69 Å². The van der Waals surface area contributed by atoms with Crippen LogP contribution in [0.15, 0.2) is 59.5 Å². The molecule has 6 nitrogen and oxygen atoms in total. The Bertz CT molecular complexity index is 1250. The number of amides is 2. The molecule has 0 spiro atoms. The molecule has 2 unspecified atom stereocenters. The summed E-state index contributed by atoms with van der Waals surface area (Å²) in [7, 11) is 0. The third-order valence-electron chi connectivity index (χ3n) is 6.12. The van der Waals surface area contributed by atoms with Gasteiger partial charge in [-0.2, -0.15) is 0 Å². The largest absolute Gasteiger partial charge is 0.352 e. The summed E-state index contributed by atoms with van der Waals surface area (Å²) in [5, 5.41) is 7.68. The Morgan fingerprint density at radius 1 is 0.970 bits per heavy atom. The van der Waals surface area contributed by atoms with Crippen LogP contribution in [0.25, 0.3) is 10.8 Å². The van der Waals surface area contributed by atoms with E-state index in [0.29, 0.717) is 21.5 Å². The molecule has 1 fully saturated rings. The van der Waals surface area contributed by atoms with E-state index in [2.05, 4.69) is 10.6 Å². The zero-order valence-corrected chi connectivity index (χ0v) is 19.7. The average Bonchev–Trinajstić information content (AvgIpc) is 3.59. The molecule has 1 saturated carbocycles. The lowest BCUT2D eigenvalue weighted by molar-refractivity contribution is -0.125. The maximum atomic E-state index is 13.4. The molecule has 0 saturated heterocycles. The molecule has 0 aliphatic heterocycles. The van der Waals surface area contributed by atoms with E-state index < -0.39 is 12.0 Å². The number of pyridine rings is 1. The van der Waals surface area contributed by atoms with Crippen molar-refractivity contribution in [2.45, 2.75) is 51.6 Å². The smallest absolute Gasteiger partial charge is 0.259 e. The summed E-state index contributed by atoms with van der Waals surface area (Å²) in [6.45, 7) is 5.69. The third kappa shape index (κ3) is 4.96. The van der Waals surface area contributed by atoms with Crippen molar-refractivity contribution in [2.24, 2.45) is 5.92 Å². The van der Waals surface area contributed by atoms with Gasteiger partial charge in [-0.05, 0) is 61.6 Å². The lowest BCUT2D eigenvalue weighted by Crippen LogP contribution is -2.40. The molecular weight excluding hydrogens is 438 g/mol. The summed E-state index contributed by atoms with van der Waals surface area (Å²) in [6.07, 6.45) is 3.63. The molecule has 0 radical (unpaired) electrons. The van der Waals surface area contributed by atoms with Gasteiger partial charge >= 0.3 is 0 Å². The van der Waals surface area contributed by atoms with Crippen molar-refractivity contribution in [1.82, 2.24) is 9.88 Å². The fourth-order valence-electron chi connectivity index (χ4n) is 4.03. The van der Waals surface area contributed by atoms with E-state index in [1.165, 1.54) is 4.57 Å². The Kier molecular flexibility index (Phi) is 6.56. The van der Waals surface area contributed by atoms with Crippen LogP contribution in [0.2, 0.25) is 5.02 Å². The number of hydrogen-bond acceptors (Lipinski definition) is 3. The minimum absolute atomic E-state index is 0.0537. The van der Waals surface area contributed by atoms with Gasteiger partial charge in [0.2, 0.25) is 11.8 Å². The Morgan fingerprint density at radius 2 is 1.67 bits per heavy atom. The van der Waals surface area contributed by atoms with Crippen molar-refractivity contribution in [3.05, 3.63) is 75.7 Å². The van der Waals surface area contributed by atoms with E-state index in [4.69, 9.17) is 11.6 Å². The standard InChI is InChI=1S/C26H28ClN3O3/c1-15(2)23(25(32)28-19-11-12-19)30-14-13-20-21(26(30)33)5-4-6-22(20)29-24(31)16(3)17-7-9-18(27)10-8-17/h4-10,13-16,19,23H,11-12H2,1-3H3,(H,28,32)(H,29,31). The first kappa shape index (κ1) is 23.1. The maximum absolute atomic E-state index is 13.4. The van der Waals surface area contributed by atoms with Gasteiger partial charge in [-0.15, -0.1) is 0 Å². The first-order valence-electron chi connectivity index (χ1n) is 11.3. The van der Waals surface area contributed by atoms with Gasteiger partial charge in [0.1, 0.15) is 6.04 Å². The number of rotatable bonds is 7. The lowest BCUT2D eigenvalue weighted by atomic mass is 10.00. The predicted molar refractivity (Wildman–Crippen MR) is 132 cm³/mol. The molecule has 7 heteroatoms. The maximum Gasteiger partial charge on any atom is 0.259 e. The zero-order chi connectivity index (χ0) is 23.7. The van der Waals surface area contributed by atoms with Gasteiger partial charge in [-0.1, -0.05) is 43.6 Å². The van der Waals surface area contributed by atoms with Crippen LogP contribution in [0.1, 0.15) is 51.1 Å².